The van der Waals surface area contributed by atoms with Gasteiger partial charge in [-0.2, -0.15) is 0 Å². The van der Waals surface area contributed by atoms with Crippen molar-refractivity contribution in [2.45, 2.75) is 25.7 Å². The van der Waals surface area contributed by atoms with Gasteiger partial charge in [0.25, 0.3) is 0 Å². The molecule has 1 rings (SSSR count). The van der Waals surface area contributed by atoms with Crippen LogP contribution >= 0.6 is 27.3 Å². The summed E-state index contributed by atoms with van der Waals surface area (Å²) in [5.74, 6) is -0.757. The normalized spacial score (nSPS) is 11.6. The van der Waals surface area contributed by atoms with E-state index < -0.39 is 5.97 Å². The molecule has 0 radical (unpaired) electrons. The minimum atomic E-state index is -0.757. The molecule has 0 saturated heterocycles. The monoisotopic (exact) mass is 262 g/mol. The quantitative estimate of drug-likeness (QED) is 0.908. The van der Waals surface area contributed by atoms with Crippen molar-refractivity contribution in [3.8, 4) is 0 Å². The molecule has 1 aromatic heterocycles. The molecule has 2 nitrogen and oxygen atoms in total. The van der Waals surface area contributed by atoms with E-state index in [1.54, 1.807) is 11.3 Å². The fourth-order valence-electron chi connectivity index (χ4n) is 1.15. The van der Waals surface area contributed by atoms with Gasteiger partial charge in [-0.05, 0) is 32.9 Å². The van der Waals surface area contributed by atoms with E-state index in [-0.39, 0.29) is 11.8 Å². The van der Waals surface area contributed by atoms with Crippen molar-refractivity contribution in [3.63, 3.8) is 0 Å². The van der Waals surface area contributed by atoms with Gasteiger partial charge in [0.15, 0.2) is 0 Å². The molecule has 0 amide bonds. The average molecular weight is 263 g/mol. The second-order valence-corrected chi connectivity index (χ2v) is 5.88. The van der Waals surface area contributed by atoms with Crippen LogP contribution in [0.4, 0.5) is 0 Å². The van der Waals surface area contributed by atoms with Crippen LogP contribution in [0.15, 0.2) is 15.2 Å². The Morgan fingerprint density at radius 3 is 2.69 bits per heavy atom. The van der Waals surface area contributed by atoms with Gasteiger partial charge in [0.2, 0.25) is 0 Å². The molecule has 1 heterocycles. The number of thiophene rings is 1. The van der Waals surface area contributed by atoms with E-state index >= 15 is 0 Å². The standard InChI is InChI=1S/C9H11BrO2S/c1-9(2,4-8(11)12)6-3-7(10)13-5-6/h3,5H,4H2,1-2H3,(H,11,12). The van der Waals surface area contributed by atoms with E-state index in [9.17, 15) is 4.79 Å². The molecule has 0 aliphatic rings. The van der Waals surface area contributed by atoms with Gasteiger partial charge < -0.3 is 5.11 Å². The molecule has 0 saturated carbocycles. The summed E-state index contributed by atoms with van der Waals surface area (Å²) >= 11 is 4.94. The minimum Gasteiger partial charge on any atom is -0.481 e. The summed E-state index contributed by atoms with van der Waals surface area (Å²) in [6.07, 6.45) is 0.163. The van der Waals surface area contributed by atoms with E-state index in [2.05, 4.69) is 15.9 Å². The Labute approximate surface area is 89.7 Å². The van der Waals surface area contributed by atoms with Crippen LogP contribution in [0, 0.1) is 0 Å². The lowest BCUT2D eigenvalue weighted by molar-refractivity contribution is -0.138. The predicted molar refractivity (Wildman–Crippen MR) is 57.3 cm³/mol. The first-order chi connectivity index (χ1) is 5.92. The summed E-state index contributed by atoms with van der Waals surface area (Å²) in [4.78, 5) is 10.6. The van der Waals surface area contributed by atoms with Crippen LogP contribution in [0.3, 0.4) is 0 Å². The molecule has 0 aromatic carbocycles. The maximum absolute atomic E-state index is 10.6. The first-order valence-corrected chi connectivity index (χ1v) is 5.55. The van der Waals surface area contributed by atoms with Gasteiger partial charge in [0.05, 0.1) is 10.2 Å². The van der Waals surface area contributed by atoms with Gasteiger partial charge in [-0.25, -0.2) is 0 Å². The van der Waals surface area contributed by atoms with Crippen LogP contribution < -0.4 is 0 Å². The molecule has 72 valence electrons. The van der Waals surface area contributed by atoms with E-state index in [0.29, 0.717) is 0 Å². The Morgan fingerprint density at radius 2 is 2.31 bits per heavy atom. The summed E-state index contributed by atoms with van der Waals surface area (Å²) in [6, 6.07) is 1.98. The number of aliphatic carboxylic acids is 1. The van der Waals surface area contributed by atoms with Crippen molar-refractivity contribution in [1.29, 1.82) is 0 Å². The van der Waals surface area contributed by atoms with Gasteiger partial charge >= 0.3 is 5.97 Å². The first kappa shape index (κ1) is 10.7. The first-order valence-electron chi connectivity index (χ1n) is 3.88. The van der Waals surface area contributed by atoms with Gasteiger partial charge in [-0.1, -0.05) is 13.8 Å². The molecule has 0 fully saturated rings. The van der Waals surface area contributed by atoms with Gasteiger partial charge in [-0.15, -0.1) is 11.3 Å². The highest BCUT2D eigenvalue weighted by Crippen LogP contribution is 2.32. The van der Waals surface area contributed by atoms with Crippen molar-refractivity contribution >= 4 is 33.2 Å². The maximum Gasteiger partial charge on any atom is 0.304 e. The molecule has 0 spiro atoms. The molecule has 0 aliphatic carbocycles. The van der Waals surface area contributed by atoms with Crippen molar-refractivity contribution in [2.75, 3.05) is 0 Å². The lowest BCUT2D eigenvalue weighted by Crippen LogP contribution is -2.20. The van der Waals surface area contributed by atoms with Gasteiger partial charge in [0, 0.05) is 5.41 Å². The summed E-state index contributed by atoms with van der Waals surface area (Å²) < 4.78 is 1.04. The number of hydrogen-bond donors (Lipinski definition) is 1. The molecule has 0 unspecified atom stereocenters. The number of rotatable bonds is 3. The van der Waals surface area contributed by atoms with Crippen LogP contribution in [-0.4, -0.2) is 11.1 Å². The Balaban J connectivity index is 2.86. The van der Waals surface area contributed by atoms with Crippen LogP contribution in [-0.2, 0) is 10.2 Å². The number of carboxylic acids is 1. The van der Waals surface area contributed by atoms with Crippen LogP contribution in [0.5, 0.6) is 0 Å². The minimum absolute atomic E-state index is 0.163. The second-order valence-electron chi connectivity index (χ2n) is 3.59. The third-order valence-corrected chi connectivity index (χ3v) is 3.45. The summed E-state index contributed by atoms with van der Waals surface area (Å²) in [7, 11) is 0. The third kappa shape index (κ3) is 2.81. The molecule has 1 N–H and O–H groups in total. The molecule has 13 heavy (non-hydrogen) atoms. The number of carbonyl (C=O) groups is 1. The van der Waals surface area contributed by atoms with Gasteiger partial charge in [0.1, 0.15) is 0 Å². The number of hydrogen-bond acceptors (Lipinski definition) is 2. The Kier molecular flexibility index (Phi) is 3.14. The Bertz CT molecular complexity index is 317. The Hall–Kier alpha value is -0.350. The number of carboxylic acid groups (broad SMARTS) is 1. The van der Waals surface area contributed by atoms with Crippen molar-refractivity contribution < 1.29 is 9.90 Å². The van der Waals surface area contributed by atoms with Gasteiger partial charge in [-0.3, -0.25) is 4.79 Å². The average Bonchev–Trinajstić information content (AvgIpc) is 2.32. The fraction of sp³-hybridized carbons (Fsp3) is 0.444. The van der Waals surface area contributed by atoms with Crippen molar-refractivity contribution in [2.24, 2.45) is 0 Å². The molecule has 0 aliphatic heterocycles. The summed E-state index contributed by atoms with van der Waals surface area (Å²) in [6.45, 7) is 3.88. The highest BCUT2D eigenvalue weighted by Gasteiger charge is 2.24. The van der Waals surface area contributed by atoms with E-state index in [1.165, 1.54) is 0 Å². The lowest BCUT2D eigenvalue weighted by Gasteiger charge is -2.20. The zero-order chi connectivity index (χ0) is 10.1. The summed E-state index contributed by atoms with van der Waals surface area (Å²) in [5.41, 5.74) is 0.792. The fourth-order valence-corrected chi connectivity index (χ4v) is 2.49. The molecular formula is C9H11BrO2S. The SMILES string of the molecule is CC(C)(CC(=O)O)c1csc(Br)c1. The zero-order valence-corrected chi connectivity index (χ0v) is 9.91. The van der Waals surface area contributed by atoms with E-state index in [1.807, 2.05) is 25.3 Å². The topological polar surface area (TPSA) is 37.3 Å². The van der Waals surface area contributed by atoms with Crippen molar-refractivity contribution in [3.05, 3.63) is 20.8 Å². The van der Waals surface area contributed by atoms with Crippen LogP contribution in [0.2, 0.25) is 0 Å². The third-order valence-electron chi connectivity index (χ3n) is 1.94. The smallest absolute Gasteiger partial charge is 0.304 e. The zero-order valence-electron chi connectivity index (χ0n) is 7.50. The highest BCUT2D eigenvalue weighted by molar-refractivity contribution is 9.11. The van der Waals surface area contributed by atoms with Crippen LogP contribution in [0.1, 0.15) is 25.8 Å². The highest BCUT2D eigenvalue weighted by atomic mass is 79.9. The molecule has 0 atom stereocenters. The summed E-state index contributed by atoms with van der Waals surface area (Å²) in [5, 5.41) is 10.7. The molecular weight excluding hydrogens is 252 g/mol. The number of halogens is 1. The molecule has 0 bridgehead atoms. The van der Waals surface area contributed by atoms with E-state index in [4.69, 9.17) is 5.11 Å². The predicted octanol–water partition coefficient (Wildman–Crippen LogP) is 3.26. The van der Waals surface area contributed by atoms with E-state index in [0.717, 1.165) is 9.35 Å². The maximum atomic E-state index is 10.6. The second kappa shape index (κ2) is 3.80. The largest absolute Gasteiger partial charge is 0.481 e. The Morgan fingerprint density at radius 1 is 1.69 bits per heavy atom. The molecule has 1 aromatic rings. The lowest BCUT2D eigenvalue weighted by atomic mass is 9.83. The van der Waals surface area contributed by atoms with Crippen LogP contribution in [0.25, 0.3) is 0 Å². The van der Waals surface area contributed by atoms with Crippen molar-refractivity contribution in [1.82, 2.24) is 0 Å². The molecule has 4 heteroatoms.